The SMILES string of the molecule is CC(C)N(CC(=O)N(Cc1ccc2c(c1)OCO2)Cc1cccs1)C(=O)Nc1ccc(Cl)c(Cl)c1. The lowest BCUT2D eigenvalue weighted by atomic mass is 10.2. The molecule has 184 valence electrons. The molecule has 3 amide bonds. The standard InChI is InChI=1S/C25H25Cl2N3O4S/c1-16(2)30(25(32)28-18-6-7-20(26)21(27)11-18)14-24(31)29(13-19-4-3-9-35-19)12-17-5-8-22-23(10-17)34-15-33-22/h3-11,16H,12-15H2,1-2H3,(H,28,32). The number of urea groups is 1. The molecule has 7 nitrogen and oxygen atoms in total. The molecule has 0 atom stereocenters. The largest absolute Gasteiger partial charge is 0.454 e. The minimum absolute atomic E-state index is 0.0826. The summed E-state index contributed by atoms with van der Waals surface area (Å²) in [5.74, 6) is 1.18. The maximum atomic E-state index is 13.5. The van der Waals surface area contributed by atoms with Gasteiger partial charge in [-0.1, -0.05) is 35.3 Å². The molecule has 0 radical (unpaired) electrons. The lowest BCUT2D eigenvalue weighted by Crippen LogP contribution is -2.47. The molecule has 0 aliphatic carbocycles. The molecule has 0 saturated carbocycles. The van der Waals surface area contributed by atoms with Crippen molar-refractivity contribution < 1.29 is 19.1 Å². The van der Waals surface area contributed by atoms with Gasteiger partial charge in [0.05, 0.1) is 16.6 Å². The third-order valence-electron chi connectivity index (χ3n) is 5.45. The van der Waals surface area contributed by atoms with Gasteiger partial charge < -0.3 is 24.6 Å². The van der Waals surface area contributed by atoms with Crippen molar-refractivity contribution in [3.05, 3.63) is 74.4 Å². The number of fused-ring (bicyclic) bond motifs is 1. The van der Waals surface area contributed by atoms with Crippen molar-refractivity contribution in [2.24, 2.45) is 0 Å². The Bertz CT molecular complexity index is 1200. The second-order valence-electron chi connectivity index (χ2n) is 8.30. The average Bonchev–Trinajstić information content (AvgIpc) is 3.50. The summed E-state index contributed by atoms with van der Waals surface area (Å²) >= 11 is 13.6. The molecule has 1 aliphatic heterocycles. The Morgan fingerprint density at radius 3 is 2.54 bits per heavy atom. The number of carbonyl (C=O) groups excluding carboxylic acids is 2. The van der Waals surface area contributed by atoms with Crippen molar-refractivity contribution in [1.82, 2.24) is 9.80 Å². The summed E-state index contributed by atoms with van der Waals surface area (Å²) in [6, 6.07) is 13.8. The minimum atomic E-state index is -0.397. The van der Waals surface area contributed by atoms with E-state index in [4.69, 9.17) is 32.7 Å². The van der Waals surface area contributed by atoms with E-state index in [1.54, 1.807) is 34.4 Å². The van der Waals surface area contributed by atoms with Crippen LogP contribution >= 0.6 is 34.5 Å². The first-order valence-corrected chi connectivity index (χ1v) is 12.6. The van der Waals surface area contributed by atoms with E-state index in [-0.39, 0.29) is 25.3 Å². The zero-order valence-corrected chi connectivity index (χ0v) is 21.6. The van der Waals surface area contributed by atoms with E-state index >= 15 is 0 Å². The lowest BCUT2D eigenvalue weighted by molar-refractivity contribution is -0.133. The Kier molecular flexibility index (Phi) is 8.05. The van der Waals surface area contributed by atoms with E-state index in [2.05, 4.69) is 5.32 Å². The van der Waals surface area contributed by atoms with Gasteiger partial charge in [-0.3, -0.25) is 4.79 Å². The van der Waals surface area contributed by atoms with Crippen molar-refractivity contribution in [2.75, 3.05) is 18.7 Å². The van der Waals surface area contributed by atoms with Gasteiger partial charge in [0.15, 0.2) is 11.5 Å². The van der Waals surface area contributed by atoms with E-state index < -0.39 is 6.03 Å². The lowest BCUT2D eigenvalue weighted by Gasteiger charge is -2.30. The van der Waals surface area contributed by atoms with Gasteiger partial charge in [-0.15, -0.1) is 11.3 Å². The fourth-order valence-electron chi connectivity index (χ4n) is 3.59. The van der Waals surface area contributed by atoms with Crippen molar-refractivity contribution >= 4 is 52.2 Å². The zero-order chi connectivity index (χ0) is 24.9. The smallest absolute Gasteiger partial charge is 0.322 e. The van der Waals surface area contributed by atoms with Crippen LogP contribution in [0, 0.1) is 0 Å². The highest BCUT2D eigenvalue weighted by atomic mass is 35.5. The molecule has 0 spiro atoms. The monoisotopic (exact) mass is 533 g/mol. The number of amides is 3. The molecule has 35 heavy (non-hydrogen) atoms. The fraction of sp³-hybridized carbons (Fsp3) is 0.280. The van der Waals surface area contributed by atoms with Gasteiger partial charge in [-0.2, -0.15) is 0 Å². The van der Waals surface area contributed by atoms with E-state index in [0.29, 0.717) is 40.3 Å². The fourth-order valence-corrected chi connectivity index (χ4v) is 4.60. The van der Waals surface area contributed by atoms with Crippen LogP contribution in [0.25, 0.3) is 0 Å². The predicted octanol–water partition coefficient (Wildman–Crippen LogP) is 6.25. The summed E-state index contributed by atoms with van der Waals surface area (Å²) in [6.45, 7) is 4.64. The van der Waals surface area contributed by atoms with Crippen molar-refractivity contribution in [1.29, 1.82) is 0 Å². The third kappa shape index (κ3) is 6.39. The number of nitrogens with zero attached hydrogens (tertiary/aromatic N) is 2. The quantitative estimate of drug-likeness (QED) is 0.371. The van der Waals surface area contributed by atoms with Crippen LogP contribution in [-0.2, 0) is 17.9 Å². The molecule has 1 aromatic heterocycles. The van der Waals surface area contributed by atoms with E-state index in [9.17, 15) is 9.59 Å². The molecular weight excluding hydrogens is 509 g/mol. The van der Waals surface area contributed by atoms with Crippen LogP contribution in [0.1, 0.15) is 24.3 Å². The Balaban J connectivity index is 1.50. The Hall–Kier alpha value is -2.94. The molecule has 3 aromatic rings. The molecule has 4 rings (SSSR count). The highest BCUT2D eigenvalue weighted by Crippen LogP contribution is 2.33. The normalized spacial score (nSPS) is 12.0. The van der Waals surface area contributed by atoms with Crippen LogP contribution in [0.3, 0.4) is 0 Å². The summed E-state index contributed by atoms with van der Waals surface area (Å²) in [5.41, 5.74) is 1.41. The van der Waals surface area contributed by atoms with Gasteiger partial charge in [0.1, 0.15) is 6.54 Å². The first-order chi connectivity index (χ1) is 16.8. The van der Waals surface area contributed by atoms with Gasteiger partial charge >= 0.3 is 6.03 Å². The number of hydrogen-bond acceptors (Lipinski definition) is 5. The van der Waals surface area contributed by atoms with Gasteiger partial charge in [-0.25, -0.2) is 4.79 Å². The minimum Gasteiger partial charge on any atom is -0.454 e. The van der Waals surface area contributed by atoms with Crippen LogP contribution in [0.2, 0.25) is 10.0 Å². The number of nitrogens with one attached hydrogen (secondary N) is 1. The molecule has 1 N–H and O–H groups in total. The zero-order valence-electron chi connectivity index (χ0n) is 19.3. The summed E-state index contributed by atoms with van der Waals surface area (Å²) in [4.78, 5) is 30.8. The molecule has 2 heterocycles. The average molecular weight is 534 g/mol. The maximum absolute atomic E-state index is 13.5. The second-order valence-corrected chi connectivity index (χ2v) is 10.1. The predicted molar refractivity (Wildman–Crippen MR) is 138 cm³/mol. The van der Waals surface area contributed by atoms with Crippen LogP contribution in [0.5, 0.6) is 11.5 Å². The van der Waals surface area contributed by atoms with Crippen LogP contribution in [0.15, 0.2) is 53.9 Å². The maximum Gasteiger partial charge on any atom is 0.322 e. The molecule has 0 bridgehead atoms. The van der Waals surface area contributed by atoms with Crippen LogP contribution in [0.4, 0.5) is 10.5 Å². The van der Waals surface area contributed by atoms with Crippen molar-refractivity contribution in [3.8, 4) is 11.5 Å². The molecular formula is C25H25Cl2N3O4S. The van der Waals surface area contributed by atoms with Crippen LogP contribution in [-0.4, -0.2) is 41.1 Å². The Morgan fingerprint density at radius 1 is 1.03 bits per heavy atom. The van der Waals surface area contributed by atoms with Crippen molar-refractivity contribution in [3.63, 3.8) is 0 Å². The molecule has 0 fully saturated rings. The highest BCUT2D eigenvalue weighted by Gasteiger charge is 2.25. The summed E-state index contributed by atoms with van der Waals surface area (Å²) < 4.78 is 10.9. The summed E-state index contributed by atoms with van der Waals surface area (Å²) in [5, 5.41) is 5.51. The molecule has 0 unspecified atom stereocenters. The summed E-state index contributed by atoms with van der Waals surface area (Å²) in [7, 11) is 0. The molecule has 2 aromatic carbocycles. The topological polar surface area (TPSA) is 71.1 Å². The second kappa shape index (κ2) is 11.2. The number of rotatable bonds is 8. The number of ether oxygens (including phenoxy) is 2. The first-order valence-electron chi connectivity index (χ1n) is 11.0. The molecule has 1 aliphatic rings. The van der Waals surface area contributed by atoms with Crippen LogP contribution < -0.4 is 14.8 Å². The van der Waals surface area contributed by atoms with Gasteiger partial charge in [0, 0.05) is 23.2 Å². The van der Waals surface area contributed by atoms with Gasteiger partial charge in [0.25, 0.3) is 0 Å². The number of benzene rings is 2. The molecule has 10 heteroatoms. The van der Waals surface area contributed by atoms with E-state index in [1.165, 1.54) is 4.90 Å². The Labute approximate surface area is 218 Å². The van der Waals surface area contributed by atoms with Crippen molar-refractivity contribution in [2.45, 2.75) is 33.0 Å². The van der Waals surface area contributed by atoms with E-state index in [1.807, 2.05) is 49.6 Å². The number of anilines is 1. The number of halogens is 2. The van der Waals surface area contributed by atoms with E-state index in [0.717, 1.165) is 10.4 Å². The first kappa shape index (κ1) is 25.2. The molecule has 0 saturated heterocycles. The third-order valence-corrected chi connectivity index (χ3v) is 7.05. The Morgan fingerprint density at radius 2 is 1.83 bits per heavy atom. The summed E-state index contributed by atoms with van der Waals surface area (Å²) in [6.07, 6.45) is 0. The van der Waals surface area contributed by atoms with Gasteiger partial charge in [-0.05, 0) is 61.2 Å². The number of thiophene rings is 1. The van der Waals surface area contributed by atoms with Gasteiger partial charge in [0.2, 0.25) is 12.7 Å². The number of hydrogen-bond donors (Lipinski definition) is 1. The number of carbonyl (C=O) groups is 2. The highest BCUT2D eigenvalue weighted by molar-refractivity contribution is 7.09.